The van der Waals surface area contributed by atoms with Gasteiger partial charge in [0, 0.05) is 6.54 Å². The summed E-state index contributed by atoms with van der Waals surface area (Å²) in [6.07, 6.45) is 0. The molecule has 4 nitrogen and oxygen atoms in total. The molecule has 0 aliphatic heterocycles. The van der Waals surface area contributed by atoms with Crippen molar-refractivity contribution < 1.29 is 9.90 Å². The largest absolute Gasteiger partial charge is 0.481 e. The quantitative estimate of drug-likeness (QED) is 0.875. The molecule has 0 bridgehead atoms. The third-order valence-electron chi connectivity index (χ3n) is 2.90. The molecule has 108 valence electrons. The summed E-state index contributed by atoms with van der Waals surface area (Å²) in [5.74, 6) is -0.784. The fraction of sp³-hybridized carbons (Fsp3) is 0.467. The number of hydrogen-bond acceptors (Lipinski definition) is 3. The van der Waals surface area contributed by atoms with Crippen molar-refractivity contribution in [1.29, 1.82) is 0 Å². The summed E-state index contributed by atoms with van der Waals surface area (Å²) in [6, 6.07) is 6.10. The third kappa shape index (κ3) is 3.33. The smallest absolute Gasteiger partial charge is 0.313 e. The van der Waals surface area contributed by atoms with E-state index in [9.17, 15) is 4.79 Å². The number of para-hydroxylation sites is 1. The standard InChI is InChI=1S/C15H20N2O2S/c1-10-6-5-7-11-13(10)16-14(20-8-12(18)19)17(11)9-15(2,3)4/h5-7H,8-9H2,1-4H3,(H,18,19). The molecule has 1 aromatic carbocycles. The monoisotopic (exact) mass is 292 g/mol. The third-order valence-corrected chi connectivity index (χ3v) is 3.86. The summed E-state index contributed by atoms with van der Waals surface area (Å²) in [5, 5.41) is 9.65. The predicted molar refractivity (Wildman–Crippen MR) is 82.3 cm³/mol. The van der Waals surface area contributed by atoms with Gasteiger partial charge in [0.25, 0.3) is 0 Å². The number of aromatic nitrogens is 2. The number of nitrogens with zero attached hydrogens (tertiary/aromatic N) is 2. The van der Waals surface area contributed by atoms with Gasteiger partial charge >= 0.3 is 5.97 Å². The molecule has 0 saturated heterocycles. The average molecular weight is 292 g/mol. The van der Waals surface area contributed by atoms with E-state index in [2.05, 4.69) is 30.3 Å². The SMILES string of the molecule is Cc1cccc2c1nc(SCC(=O)O)n2CC(C)(C)C. The van der Waals surface area contributed by atoms with Gasteiger partial charge in [-0.1, -0.05) is 44.7 Å². The molecule has 20 heavy (non-hydrogen) atoms. The first kappa shape index (κ1) is 14.9. The number of carbonyl (C=O) groups is 1. The molecule has 2 aromatic rings. The van der Waals surface area contributed by atoms with Crippen LogP contribution in [0.2, 0.25) is 0 Å². The highest BCUT2D eigenvalue weighted by molar-refractivity contribution is 7.99. The zero-order valence-corrected chi connectivity index (χ0v) is 13.1. The maximum Gasteiger partial charge on any atom is 0.313 e. The number of carboxylic acid groups (broad SMARTS) is 1. The van der Waals surface area contributed by atoms with Crippen molar-refractivity contribution in [2.45, 2.75) is 39.4 Å². The Labute approximate surface area is 123 Å². The van der Waals surface area contributed by atoms with Gasteiger partial charge in [0.05, 0.1) is 16.8 Å². The highest BCUT2D eigenvalue weighted by Gasteiger charge is 2.19. The normalized spacial score (nSPS) is 12.0. The molecule has 1 heterocycles. The number of rotatable bonds is 4. The predicted octanol–water partition coefficient (Wildman–Crippen LogP) is 3.57. The molecule has 5 heteroatoms. The van der Waals surface area contributed by atoms with Crippen LogP contribution in [0.4, 0.5) is 0 Å². The zero-order chi connectivity index (χ0) is 14.9. The first-order valence-corrected chi connectivity index (χ1v) is 7.57. The lowest BCUT2D eigenvalue weighted by Gasteiger charge is -2.21. The van der Waals surface area contributed by atoms with E-state index >= 15 is 0 Å². The first-order valence-electron chi connectivity index (χ1n) is 6.58. The van der Waals surface area contributed by atoms with E-state index in [1.807, 2.05) is 25.1 Å². The molecule has 0 atom stereocenters. The molecular formula is C15H20N2O2S. The Morgan fingerprint density at radius 2 is 2.10 bits per heavy atom. The minimum atomic E-state index is -0.818. The van der Waals surface area contributed by atoms with Gasteiger partial charge in [-0.15, -0.1) is 0 Å². The van der Waals surface area contributed by atoms with E-state index < -0.39 is 5.97 Å². The van der Waals surface area contributed by atoms with Gasteiger partial charge in [0.2, 0.25) is 0 Å². The first-order chi connectivity index (χ1) is 9.28. The number of carboxylic acids is 1. The molecule has 0 amide bonds. The maximum atomic E-state index is 10.8. The van der Waals surface area contributed by atoms with Gasteiger partial charge in [-0.25, -0.2) is 4.98 Å². The molecule has 0 fully saturated rings. The number of thioether (sulfide) groups is 1. The minimum absolute atomic E-state index is 0.0342. The number of hydrogen-bond donors (Lipinski definition) is 1. The number of aryl methyl sites for hydroxylation is 1. The Kier molecular flexibility index (Phi) is 4.09. The summed E-state index contributed by atoms with van der Waals surface area (Å²) in [5.41, 5.74) is 3.26. The topological polar surface area (TPSA) is 55.1 Å². The van der Waals surface area contributed by atoms with Crippen molar-refractivity contribution in [2.24, 2.45) is 5.41 Å². The number of imidazole rings is 1. The number of benzene rings is 1. The van der Waals surface area contributed by atoms with E-state index in [0.717, 1.165) is 28.3 Å². The van der Waals surface area contributed by atoms with E-state index in [1.165, 1.54) is 11.8 Å². The molecular weight excluding hydrogens is 272 g/mol. The molecule has 1 N–H and O–H groups in total. The molecule has 1 aromatic heterocycles. The van der Waals surface area contributed by atoms with Gasteiger partial charge in [0.15, 0.2) is 5.16 Å². The molecule has 0 radical (unpaired) electrons. The van der Waals surface area contributed by atoms with E-state index in [1.54, 1.807) is 0 Å². The van der Waals surface area contributed by atoms with Crippen LogP contribution in [0.3, 0.4) is 0 Å². The van der Waals surface area contributed by atoms with Crippen molar-refractivity contribution in [3.63, 3.8) is 0 Å². The van der Waals surface area contributed by atoms with Crippen molar-refractivity contribution in [3.8, 4) is 0 Å². The van der Waals surface area contributed by atoms with E-state index in [0.29, 0.717) is 0 Å². The Balaban J connectivity index is 2.50. The van der Waals surface area contributed by atoms with Crippen molar-refractivity contribution >= 4 is 28.8 Å². The lowest BCUT2D eigenvalue weighted by Crippen LogP contribution is -2.16. The van der Waals surface area contributed by atoms with E-state index in [4.69, 9.17) is 5.11 Å². The van der Waals surface area contributed by atoms with Crippen LogP contribution in [-0.4, -0.2) is 26.4 Å². The van der Waals surface area contributed by atoms with Gasteiger partial charge in [-0.3, -0.25) is 4.79 Å². The summed E-state index contributed by atoms with van der Waals surface area (Å²) in [6.45, 7) is 9.35. The highest BCUT2D eigenvalue weighted by atomic mass is 32.2. The molecule has 2 rings (SSSR count). The fourth-order valence-electron chi connectivity index (χ4n) is 2.13. The number of fused-ring (bicyclic) bond motifs is 1. The maximum absolute atomic E-state index is 10.8. The molecule has 0 aliphatic rings. The van der Waals surface area contributed by atoms with Crippen LogP contribution in [0.5, 0.6) is 0 Å². The Hall–Kier alpha value is -1.49. The van der Waals surface area contributed by atoms with Crippen LogP contribution in [0, 0.1) is 12.3 Å². The van der Waals surface area contributed by atoms with Crippen LogP contribution < -0.4 is 0 Å². The molecule has 0 unspecified atom stereocenters. The van der Waals surface area contributed by atoms with Crippen LogP contribution in [0.15, 0.2) is 23.4 Å². The van der Waals surface area contributed by atoms with Crippen molar-refractivity contribution in [3.05, 3.63) is 23.8 Å². The van der Waals surface area contributed by atoms with Crippen LogP contribution >= 0.6 is 11.8 Å². The van der Waals surface area contributed by atoms with Crippen molar-refractivity contribution in [2.75, 3.05) is 5.75 Å². The second-order valence-electron chi connectivity index (χ2n) is 6.17. The van der Waals surface area contributed by atoms with Crippen LogP contribution in [0.1, 0.15) is 26.3 Å². The summed E-state index contributed by atoms with van der Waals surface area (Å²) in [7, 11) is 0. The Morgan fingerprint density at radius 1 is 1.40 bits per heavy atom. The summed E-state index contributed by atoms with van der Waals surface area (Å²) in [4.78, 5) is 15.4. The summed E-state index contributed by atoms with van der Waals surface area (Å²) < 4.78 is 2.13. The van der Waals surface area contributed by atoms with Crippen LogP contribution in [-0.2, 0) is 11.3 Å². The molecule has 0 aliphatic carbocycles. The fourth-order valence-corrected chi connectivity index (χ4v) is 2.86. The zero-order valence-electron chi connectivity index (χ0n) is 12.3. The highest BCUT2D eigenvalue weighted by Crippen LogP contribution is 2.29. The van der Waals surface area contributed by atoms with Crippen LogP contribution in [0.25, 0.3) is 11.0 Å². The summed E-state index contributed by atoms with van der Waals surface area (Å²) >= 11 is 1.28. The lowest BCUT2D eigenvalue weighted by molar-refractivity contribution is -0.133. The molecule has 0 spiro atoms. The number of aliphatic carboxylic acids is 1. The lowest BCUT2D eigenvalue weighted by atomic mass is 9.97. The van der Waals surface area contributed by atoms with Gasteiger partial charge in [0.1, 0.15) is 0 Å². The molecule has 0 saturated carbocycles. The van der Waals surface area contributed by atoms with Crippen molar-refractivity contribution in [1.82, 2.24) is 9.55 Å². The second kappa shape index (κ2) is 5.48. The van der Waals surface area contributed by atoms with E-state index in [-0.39, 0.29) is 11.2 Å². The Bertz CT molecular complexity index is 641. The average Bonchev–Trinajstić information content (AvgIpc) is 2.65. The minimum Gasteiger partial charge on any atom is -0.481 e. The second-order valence-corrected chi connectivity index (χ2v) is 7.11. The van der Waals surface area contributed by atoms with Gasteiger partial charge in [-0.2, -0.15) is 0 Å². The van der Waals surface area contributed by atoms with Gasteiger partial charge < -0.3 is 9.67 Å². The Morgan fingerprint density at radius 3 is 2.70 bits per heavy atom. The van der Waals surface area contributed by atoms with Gasteiger partial charge in [-0.05, 0) is 24.0 Å².